The molecule has 2 N–H and O–H groups in total. The Kier molecular flexibility index (Phi) is 8.05. The van der Waals surface area contributed by atoms with Crippen LogP contribution in [0.4, 0.5) is 5.69 Å². The van der Waals surface area contributed by atoms with Crippen LogP contribution < -0.4 is 10.6 Å². The average Bonchev–Trinajstić information content (AvgIpc) is 3.09. The van der Waals surface area contributed by atoms with Crippen LogP contribution >= 0.6 is 46.6 Å². The Hall–Kier alpha value is -2.26. The van der Waals surface area contributed by atoms with Crippen molar-refractivity contribution in [3.63, 3.8) is 0 Å². The molecule has 168 valence electrons. The monoisotopic (exact) mass is 511 g/mol. The van der Waals surface area contributed by atoms with E-state index in [9.17, 15) is 9.59 Å². The Bertz CT molecular complexity index is 1150. The molecular weight excluding hydrogens is 493 g/mol. The zero-order valence-corrected chi connectivity index (χ0v) is 20.5. The third kappa shape index (κ3) is 5.75. The first-order valence-corrected chi connectivity index (χ1v) is 11.6. The maximum Gasteiger partial charge on any atom is 0.252 e. The Morgan fingerprint density at radius 3 is 2.44 bits per heavy atom. The van der Waals surface area contributed by atoms with Crippen molar-refractivity contribution in [3.8, 4) is 0 Å². The largest absolute Gasteiger partial charge is 0.342 e. The number of amides is 2. The second-order valence-corrected chi connectivity index (χ2v) is 9.18. The van der Waals surface area contributed by atoms with E-state index in [4.69, 9.17) is 34.8 Å². The summed E-state index contributed by atoms with van der Waals surface area (Å²) in [6, 6.07) is 9.97. The number of hydrogen-bond acceptors (Lipinski definition) is 5. The van der Waals surface area contributed by atoms with Gasteiger partial charge in [-0.05, 0) is 37.6 Å². The molecule has 7 nitrogen and oxygen atoms in total. The van der Waals surface area contributed by atoms with Crippen molar-refractivity contribution < 1.29 is 9.59 Å². The van der Waals surface area contributed by atoms with Gasteiger partial charge in [0.2, 0.25) is 5.91 Å². The average molecular weight is 513 g/mol. The summed E-state index contributed by atoms with van der Waals surface area (Å²) < 4.78 is 1.74. The van der Waals surface area contributed by atoms with Crippen molar-refractivity contribution in [1.29, 1.82) is 0 Å². The molecule has 0 aliphatic carbocycles. The van der Waals surface area contributed by atoms with E-state index in [0.717, 1.165) is 5.56 Å². The van der Waals surface area contributed by atoms with Gasteiger partial charge in [-0.3, -0.25) is 9.59 Å². The number of halogens is 3. The molecule has 2 amide bonds. The van der Waals surface area contributed by atoms with E-state index in [2.05, 4.69) is 20.8 Å². The fourth-order valence-corrected chi connectivity index (χ4v) is 4.59. The van der Waals surface area contributed by atoms with Crippen LogP contribution in [0.2, 0.25) is 15.1 Å². The van der Waals surface area contributed by atoms with E-state index in [1.807, 2.05) is 32.0 Å². The lowest BCUT2D eigenvalue weighted by atomic mass is 10.1. The number of anilines is 1. The molecule has 0 fully saturated rings. The first kappa shape index (κ1) is 24.4. The van der Waals surface area contributed by atoms with Gasteiger partial charge in [-0.25, -0.2) is 0 Å². The molecule has 0 aliphatic rings. The van der Waals surface area contributed by atoms with Gasteiger partial charge >= 0.3 is 0 Å². The summed E-state index contributed by atoms with van der Waals surface area (Å²) >= 11 is 19.3. The molecule has 0 saturated carbocycles. The minimum Gasteiger partial charge on any atom is -0.342 e. The lowest BCUT2D eigenvalue weighted by Crippen LogP contribution is -2.29. The highest BCUT2D eigenvalue weighted by Crippen LogP contribution is 2.33. The summed E-state index contributed by atoms with van der Waals surface area (Å²) in [5, 5.41) is 15.3. The normalized spacial score (nSPS) is 11.8. The predicted octanol–water partition coefficient (Wildman–Crippen LogP) is 5.31. The molecule has 3 rings (SSSR count). The predicted molar refractivity (Wildman–Crippen MR) is 129 cm³/mol. The topological polar surface area (TPSA) is 88.9 Å². The number of benzene rings is 2. The molecule has 11 heteroatoms. The molecule has 3 aromatic rings. The van der Waals surface area contributed by atoms with Gasteiger partial charge in [-0.1, -0.05) is 64.8 Å². The maximum atomic E-state index is 12.6. The SMILES string of the molecule is Cc1ccccc1C(=O)NC(C)c1nnc(SCC(=O)Nc2c(Cl)cc(Cl)cc2Cl)n1C. The van der Waals surface area contributed by atoms with Crippen molar-refractivity contribution in [2.24, 2.45) is 7.05 Å². The quantitative estimate of drug-likeness (QED) is 0.419. The number of rotatable bonds is 7. The van der Waals surface area contributed by atoms with Gasteiger partial charge in [0.25, 0.3) is 5.91 Å². The molecular formula is C21H20Cl3N5O2S. The minimum atomic E-state index is -0.380. The fourth-order valence-electron chi connectivity index (χ4n) is 2.96. The Morgan fingerprint density at radius 1 is 1.12 bits per heavy atom. The molecule has 32 heavy (non-hydrogen) atoms. The summed E-state index contributed by atoms with van der Waals surface area (Å²) in [5.41, 5.74) is 1.79. The van der Waals surface area contributed by atoms with E-state index in [0.29, 0.717) is 27.3 Å². The lowest BCUT2D eigenvalue weighted by Gasteiger charge is -2.14. The van der Waals surface area contributed by atoms with Crippen LogP contribution in [0.15, 0.2) is 41.6 Å². The van der Waals surface area contributed by atoms with Crippen LogP contribution in [-0.4, -0.2) is 32.3 Å². The van der Waals surface area contributed by atoms with Crippen LogP contribution in [0, 0.1) is 6.92 Å². The summed E-state index contributed by atoms with van der Waals surface area (Å²) in [6.45, 7) is 3.71. The van der Waals surface area contributed by atoms with Crippen molar-refractivity contribution in [2.75, 3.05) is 11.1 Å². The van der Waals surface area contributed by atoms with Crippen molar-refractivity contribution in [1.82, 2.24) is 20.1 Å². The van der Waals surface area contributed by atoms with Gasteiger partial charge < -0.3 is 15.2 Å². The summed E-state index contributed by atoms with van der Waals surface area (Å²) in [6.07, 6.45) is 0. The minimum absolute atomic E-state index is 0.0607. The van der Waals surface area contributed by atoms with Gasteiger partial charge in [0, 0.05) is 17.6 Å². The molecule has 0 radical (unpaired) electrons. The number of nitrogens with zero attached hydrogens (tertiary/aromatic N) is 3. The molecule has 1 unspecified atom stereocenters. The molecule has 1 aromatic heterocycles. The van der Waals surface area contributed by atoms with Crippen molar-refractivity contribution in [3.05, 3.63) is 68.4 Å². The maximum absolute atomic E-state index is 12.6. The summed E-state index contributed by atoms with van der Waals surface area (Å²) in [4.78, 5) is 24.9. The Labute approximate surface area is 204 Å². The van der Waals surface area contributed by atoms with Gasteiger partial charge in [-0.2, -0.15) is 0 Å². The third-order valence-corrected chi connectivity index (χ3v) is 6.43. The number of aryl methyl sites for hydroxylation is 1. The van der Waals surface area contributed by atoms with Crippen LogP contribution in [0.1, 0.15) is 34.7 Å². The molecule has 0 saturated heterocycles. The van der Waals surface area contributed by atoms with Crippen LogP contribution in [0.5, 0.6) is 0 Å². The Morgan fingerprint density at radius 2 is 1.78 bits per heavy atom. The van der Waals surface area contributed by atoms with Crippen LogP contribution in [0.25, 0.3) is 0 Å². The number of hydrogen-bond donors (Lipinski definition) is 2. The molecule has 1 heterocycles. The lowest BCUT2D eigenvalue weighted by molar-refractivity contribution is -0.113. The van der Waals surface area contributed by atoms with Crippen molar-refractivity contribution in [2.45, 2.75) is 25.0 Å². The smallest absolute Gasteiger partial charge is 0.252 e. The standard InChI is InChI=1S/C21H20Cl3N5O2S/c1-11-6-4-5-7-14(11)20(31)25-12(2)19-27-28-21(29(19)3)32-10-17(30)26-18-15(23)8-13(22)9-16(18)24/h4-9,12H,10H2,1-3H3,(H,25,31)(H,26,30). The molecule has 0 bridgehead atoms. The first-order chi connectivity index (χ1) is 15.2. The molecule has 0 aliphatic heterocycles. The zero-order valence-electron chi connectivity index (χ0n) is 17.4. The Balaban J connectivity index is 1.61. The highest BCUT2D eigenvalue weighted by atomic mass is 35.5. The number of carbonyl (C=O) groups excluding carboxylic acids is 2. The molecule has 0 spiro atoms. The zero-order chi connectivity index (χ0) is 23.4. The number of nitrogens with one attached hydrogen (secondary N) is 2. The summed E-state index contributed by atoms with van der Waals surface area (Å²) in [7, 11) is 1.78. The van der Waals surface area contributed by atoms with E-state index in [1.165, 1.54) is 23.9 Å². The van der Waals surface area contributed by atoms with E-state index < -0.39 is 0 Å². The van der Waals surface area contributed by atoms with Gasteiger partial charge in [0.05, 0.1) is 27.5 Å². The third-order valence-electron chi connectivity index (χ3n) is 4.60. The number of aromatic nitrogens is 3. The van der Waals surface area contributed by atoms with Gasteiger partial charge in [0.15, 0.2) is 11.0 Å². The van der Waals surface area contributed by atoms with E-state index in [1.54, 1.807) is 17.7 Å². The number of thioether (sulfide) groups is 1. The number of carbonyl (C=O) groups is 2. The van der Waals surface area contributed by atoms with Crippen LogP contribution in [0.3, 0.4) is 0 Å². The van der Waals surface area contributed by atoms with Gasteiger partial charge in [-0.15, -0.1) is 10.2 Å². The van der Waals surface area contributed by atoms with E-state index >= 15 is 0 Å². The molecule has 2 aromatic carbocycles. The van der Waals surface area contributed by atoms with Crippen molar-refractivity contribution >= 4 is 64.1 Å². The van der Waals surface area contributed by atoms with E-state index in [-0.39, 0.29) is 33.7 Å². The summed E-state index contributed by atoms with van der Waals surface area (Å²) in [5.74, 6) is 0.125. The second kappa shape index (κ2) is 10.6. The fraction of sp³-hybridized carbons (Fsp3) is 0.238. The second-order valence-electron chi connectivity index (χ2n) is 6.99. The first-order valence-electron chi connectivity index (χ1n) is 9.50. The van der Waals surface area contributed by atoms with Crippen LogP contribution in [-0.2, 0) is 11.8 Å². The highest BCUT2D eigenvalue weighted by Gasteiger charge is 2.20. The highest BCUT2D eigenvalue weighted by molar-refractivity contribution is 7.99. The van der Waals surface area contributed by atoms with Gasteiger partial charge in [0.1, 0.15) is 0 Å². The molecule has 1 atom stereocenters.